The predicted octanol–water partition coefficient (Wildman–Crippen LogP) is 5.22. The number of rotatable bonds is 8. The average Bonchev–Trinajstić information content (AvgIpc) is 3.73. The molecule has 1 aliphatic heterocycles. The number of nitro groups is 1. The second-order valence-corrected chi connectivity index (χ2v) is 10.2. The summed E-state index contributed by atoms with van der Waals surface area (Å²) in [6, 6.07) is 18.0. The summed E-state index contributed by atoms with van der Waals surface area (Å²) < 4.78 is 21.2. The van der Waals surface area contributed by atoms with Crippen molar-refractivity contribution in [1.29, 1.82) is 0 Å². The molecule has 0 spiro atoms. The van der Waals surface area contributed by atoms with E-state index in [0.717, 1.165) is 29.9 Å². The molecule has 1 atom stereocenters. The second-order valence-electron chi connectivity index (χ2n) is 9.10. The number of nitrogens with zero attached hydrogens (tertiary/aromatic N) is 6. The van der Waals surface area contributed by atoms with Crippen LogP contribution >= 0.6 is 11.3 Å². The molecule has 6 rings (SSSR count). The summed E-state index contributed by atoms with van der Waals surface area (Å²) in [7, 11) is 0. The normalized spacial score (nSPS) is 14.9. The van der Waals surface area contributed by atoms with Crippen molar-refractivity contribution in [2.75, 3.05) is 23.4 Å². The van der Waals surface area contributed by atoms with Gasteiger partial charge in [0.2, 0.25) is 5.95 Å². The molecule has 2 aromatic carbocycles. The summed E-state index contributed by atoms with van der Waals surface area (Å²) in [6.45, 7) is 1.10. The molecule has 3 aromatic heterocycles. The number of nitrogens with one attached hydrogen (secondary N) is 1. The lowest BCUT2D eigenvalue weighted by atomic mass is 10.2. The minimum Gasteiger partial charge on any atom is -0.491 e. The van der Waals surface area contributed by atoms with Crippen LogP contribution in [0, 0.1) is 15.9 Å². The van der Waals surface area contributed by atoms with Crippen molar-refractivity contribution in [2.45, 2.75) is 18.9 Å². The maximum atomic E-state index is 13.6. The van der Waals surface area contributed by atoms with Gasteiger partial charge < -0.3 is 15.0 Å². The Morgan fingerprint density at radius 2 is 1.93 bits per heavy atom. The van der Waals surface area contributed by atoms with Gasteiger partial charge in [-0.1, -0.05) is 29.5 Å². The van der Waals surface area contributed by atoms with Crippen LogP contribution in [-0.4, -0.2) is 49.8 Å². The lowest BCUT2D eigenvalue weighted by Crippen LogP contribution is -2.35. The number of halogens is 1. The van der Waals surface area contributed by atoms with Crippen LogP contribution in [0.3, 0.4) is 0 Å². The molecule has 1 saturated heterocycles. The van der Waals surface area contributed by atoms with Gasteiger partial charge in [0.25, 0.3) is 5.91 Å². The lowest BCUT2D eigenvalue weighted by Gasteiger charge is -2.25. The molecule has 0 bridgehead atoms. The maximum Gasteiger partial charge on any atom is 0.324 e. The van der Waals surface area contributed by atoms with Crippen LogP contribution in [0.5, 0.6) is 5.75 Å². The quantitative estimate of drug-likeness (QED) is 0.202. The van der Waals surface area contributed by atoms with Crippen molar-refractivity contribution >= 4 is 45.0 Å². The third-order valence-corrected chi connectivity index (χ3v) is 7.57. The number of fused-ring (bicyclic) bond motifs is 1. The fraction of sp³-hybridized carbons (Fsp3) is 0.185. The zero-order valence-electron chi connectivity index (χ0n) is 20.9. The molecular formula is C27H22FN7O4S. The fourth-order valence-electron chi connectivity index (χ4n) is 4.59. The zero-order chi connectivity index (χ0) is 27.6. The number of hydrogen-bond donors (Lipinski definition) is 1. The number of amides is 1. The molecule has 1 aliphatic rings. The molecule has 13 heteroatoms. The first kappa shape index (κ1) is 25.4. The number of aromatic nitrogens is 4. The minimum atomic E-state index is -0.541. The van der Waals surface area contributed by atoms with Crippen molar-refractivity contribution in [3.05, 3.63) is 93.7 Å². The third-order valence-electron chi connectivity index (χ3n) is 6.53. The molecule has 0 aliphatic carbocycles. The van der Waals surface area contributed by atoms with Crippen LogP contribution in [0.2, 0.25) is 0 Å². The largest absolute Gasteiger partial charge is 0.491 e. The van der Waals surface area contributed by atoms with E-state index >= 15 is 0 Å². The van der Waals surface area contributed by atoms with E-state index in [1.54, 1.807) is 16.8 Å². The zero-order valence-corrected chi connectivity index (χ0v) is 21.8. The fourth-order valence-corrected chi connectivity index (χ4v) is 5.31. The Labute approximate surface area is 231 Å². The van der Waals surface area contributed by atoms with E-state index in [9.17, 15) is 19.3 Å². The predicted molar refractivity (Wildman–Crippen MR) is 148 cm³/mol. The molecule has 0 saturated carbocycles. The number of anilines is 2. The minimum absolute atomic E-state index is 0.0108. The van der Waals surface area contributed by atoms with Gasteiger partial charge in [0.05, 0.1) is 33.1 Å². The van der Waals surface area contributed by atoms with Gasteiger partial charge >= 0.3 is 5.00 Å². The molecule has 11 nitrogen and oxygen atoms in total. The Balaban J connectivity index is 1.37. The summed E-state index contributed by atoms with van der Waals surface area (Å²) >= 11 is 0.774. The maximum absolute atomic E-state index is 13.6. The number of carbonyl (C=O) groups excluding carboxylic acids is 1. The molecular weight excluding hydrogens is 537 g/mol. The average molecular weight is 560 g/mol. The van der Waals surface area contributed by atoms with E-state index < -0.39 is 10.8 Å². The van der Waals surface area contributed by atoms with Crippen molar-refractivity contribution < 1.29 is 18.8 Å². The smallest absolute Gasteiger partial charge is 0.324 e. The molecule has 1 fully saturated rings. The first-order valence-corrected chi connectivity index (χ1v) is 13.3. The van der Waals surface area contributed by atoms with Gasteiger partial charge in [0.1, 0.15) is 24.0 Å². The highest BCUT2D eigenvalue weighted by molar-refractivity contribution is 7.17. The molecule has 5 aromatic rings. The number of para-hydroxylation sites is 1. The number of ether oxygens (including phenoxy) is 1. The number of hydrogen-bond acceptors (Lipinski definition) is 9. The summed E-state index contributed by atoms with van der Waals surface area (Å²) in [5.41, 5.74) is 0.997. The van der Waals surface area contributed by atoms with Crippen LogP contribution in [0.15, 0.2) is 72.9 Å². The Bertz CT molecular complexity index is 1690. The van der Waals surface area contributed by atoms with Crippen molar-refractivity contribution in [3.63, 3.8) is 0 Å². The van der Waals surface area contributed by atoms with E-state index in [0.29, 0.717) is 35.8 Å². The van der Waals surface area contributed by atoms with Crippen LogP contribution in [-0.2, 0) is 0 Å². The van der Waals surface area contributed by atoms with Crippen LogP contribution in [0.1, 0.15) is 22.5 Å². The summed E-state index contributed by atoms with van der Waals surface area (Å²) in [6.07, 6.45) is 3.29. The van der Waals surface area contributed by atoms with Gasteiger partial charge in [0, 0.05) is 12.6 Å². The molecule has 202 valence electrons. The Hall–Kier alpha value is -4.91. The van der Waals surface area contributed by atoms with Crippen LogP contribution < -0.4 is 15.0 Å². The van der Waals surface area contributed by atoms with Crippen molar-refractivity contribution in [3.8, 4) is 11.4 Å². The molecule has 0 unspecified atom stereocenters. The third kappa shape index (κ3) is 5.06. The van der Waals surface area contributed by atoms with E-state index in [1.807, 2.05) is 35.2 Å². The first-order chi connectivity index (χ1) is 19.5. The van der Waals surface area contributed by atoms with Crippen LogP contribution in [0.25, 0.3) is 16.7 Å². The van der Waals surface area contributed by atoms with E-state index in [1.165, 1.54) is 30.5 Å². The van der Waals surface area contributed by atoms with E-state index in [4.69, 9.17) is 14.7 Å². The summed E-state index contributed by atoms with van der Waals surface area (Å²) in [5.74, 6) is 0.431. The second kappa shape index (κ2) is 10.7. The topological polar surface area (TPSA) is 128 Å². The number of thiophene rings is 1. The molecule has 1 N–H and O–H groups in total. The Morgan fingerprint density at radius 1 is 1.12 bits per heavy atom. The van der Waals surface area contributed by atoms with Crippen molar-refractivity contribution in [1.82, 2.24) is 19.7 Å². The summed E-state index contributed by atoms with van der Waals surface area (Å²) in [5, 5.41) is 18.7. The number of carbonyl (C=O) groups is 1. The van der Waals surface area contributed by atoms with Gasteiger partial charge in [-0.2, -0.15) is 15.1 Å². The molecule has 0 radical (unpaired) electrons. The van der Waals surface area contributed by atoms with E-state index in [2.05, 4.69) is 10.4 Å². The van der Waals surface area contributed by atoms with Crippen LogP contribution in [0.4, 0.5) is 21.2 Å². The van der Waals surface area contributed by atoms with Gasteiger partial charge in [-0.25, -0.2) is 9.07 Å². The van der Waals surface area contributed by atoms with E-state index in [-0.39, 0.29) is 27.6 Å². The summed E-state index contributed by atoms with van der Waals surface area (Å²) in [4.78, 5) is 35.4. The van der Waals surface area contributed by atoms with Gasteiger partial charge in [0.15, 0.2) is 5.65 Å². The molecule has 1 amide bonds. The highest BCUT2D eigenvalue weighted by Crippen LogP contribution is 2.31. The standard InChI is InChI=1S/C27H22FN7O4S/c28-17-8-10-18(11-9-17)34-25-21(15-29-34)24(30-26(36)22-12-13-23(40-22)35(37)38)31-27(32-25)33-14-4-5-19(33)16-39-20-6-2-1-3-7-20/h1-3,6-13,15,19H,4-5,14,16H2,(H,30,31,32,36)/t19-/m0/s1. The lowest BCUT2D eigenvalue weighted by molar-refractivity contribution is -0.380. The van der Waals surface area contributed by atoms with Gasteiger partial charge in [-0.05, 0) is 55.3 Å². The highest BCUT2D eigenvalue weighted by atomic mass is 32.1. The Kier molecular flexibility index (Phi) is 6.78. The van der Waals surface area contributed by atoms with Crippen molar-refractivity contribution in [2.24, 2.45) is 0 Å². The highest BCUT2D eigenvalue weighted by Gasteiger charge is 2.29. The molecule has 40 heavy (non-hydrogen) atoms. The SMILES string of the molecule is O=C(Nc1nc(N2CCC[C@H]2COc2ccccc2)nc2c1cnn2-c1ccc(F)cc1)c1ccc([N+](=O)[O-])s1. The van der Waals surface area contributed by atoms with Gasteiger partial charge in [-0.15, -0.1) is 0 Å². The first-order valence-electron chi connectivity index (χ1n) is 12.5. The monoisotopic (exact) mass is 559 g/mol. The Morgan fingerprint density at radius 3 is 2.67 bits per heavy atom. The molecule has 4 heterocycles. The van der Waals surface area contributed by atoms with Gasteiger partial charge in [-0.3, -0.25) is 14.9 Å². The number of benzene rings is 2.